The second kappa shape index (κ2) is 8.20. The summed E-state index contributed by atoms with van der Waals surface area (Å²) < 4.78 is 33.6. The Labute approximate surface area is 190 Å². The van der Waals surface area contributed by atoms with Gasteiger partial charge in [0, 0.05) is 28.4 Å². The minimum absolute atomic E-state index is 0.0367. The molecule has 166 valence electrons. The molecule has 1 fully saturated rings. The van der Waals surface area contributed by atoms with Gasteiger partial charge in [0.15, 0.2) is 0 Å². The van der Waals surface area contributed by atoms with Crippen LogP contribution in [0.5, 0.6) is 0 Å². The monoisotopic (exact) mass is 482 g/mol. The van der Waals surface area contributed by atoms with Gasteiger partial charge in [-0.25, -0.2) is 17.9 Å². The summed E-state index contributed by atoms with van der Waals surface area (Å²) in [6.07, 6.45) is 2.17. The van der Waals surface area contributed by atoms with E-state index in [2.05, 4.69) is 4.72 Å². The molecule has 1 aliphatic heterocycles. The lowest BCUT2D eigenvalue weighted by atomic mass is 10.0. The second-order valence-electron chi connectivity index (χ2n) is 8.15. The molecule has 4 rings (SSSR count). The highest BCUT2D eigenvalue weighted by atomic mass is 35.5. The summed E-state index contributed by atoms with van der Waals surface area (Å²) in [6.45, 7) is 2.75. The van der Waals surface area contributed by atoms with E-state index in [0.29, 0.717) is 40.5 Å². The maximum atomic E-state index is 13.1. The third-order valence-corrected chi connectivity index (χ3v) is 9.19. The molecule has 1 aromatic heterocycles. The molecule has 10 heteroatoms. The van der Waals surface area contributed by atoms with Gasteiger partial charge < -0.3 is 9.64 Å². The summed E-state index contributed by atoms with van der Waals surface area (Å²) in [6, 6.07) is 6.88. The second-order valence-corrected chi connectivity index (χ2v) is 11.7. The smallest absolute Gasteiger partial charge is 0.340 e. The predicted molar refractivity (Wildman–Crippen MR) is 118 cm³/mol. The number of thiophene rings is 1. The lowest BCUT2D eigenvalue weighted by Crippen LogP contribution is -2.39. The highest BCUT2D eigenvalue weighted by Crippen LogP contribution is 2.47. The minimum atomic E-state index is -3.98. The zero-order valence-corrected chi connectivity index (χ0v) is 19.6. The van der Waals surface area contributed by atoms with E-state index in [-0.39, 0.29) is 27.6 Å². The number of hydrogen-bond acceptors (Lipinski definition) is 6. The first kappa shape index (κ1) is 22.3. The highest BCUT2D eigenvalue weighted by molar-refractivity contribution is 7.91. The number of halogens is 1. The van der Waals surface area contributed by atoms with E-state index in [0.717, 1.165) is 24.2 Å². The van der Waals surface area contributed by atoms with E-state index in [4.69, 9.17) is 16.3 Å². The number of benzene rings is 1. The first-order chi connectivity index (χ1) is 14.6. The SMILES string of the molecule is COC(=O)c1c(S(=O)(=O)NCc2cccc(Cl)c2)sc2c1CCN(C(=O)C1(C)CC1)C2. The fourth-order valence-electron chi connectivity index (χ4n) is 3.72. The quantitative estimate of drug-likeness (QED) is 0.637. The zero-order valence-electron chi connectivity index (χ0n) is 17.2. The molecule has 7 nitrogen and oxygen atoms in total. The molecule has 0 spiro atoms. The van der Waals surface area contributed by atoms with Gasteiger partial charge in [-0.05, 0) is 42.5 Å². The van der Waals surface area contributed by atoms with Gasteiger partial charge in [0.1, 0.15) is 4.21 Å². The molecule has 1 N–H and O–H groups in total. The number of carbonyl (C=O) groups is 2. The van der Waals surface area contributed by atoms with Crippen molar-refractivity contribution < 1.29 is 22.7 Å². The zero-order chi connectivity index (χ0) is 22.4. The molecule has 2 heterocycles. The number of ether oxygens (including phenoxy) is 1. The number of sulfonamides is 1. The first-order valence-corrected chi connectivity index (χ1v) is 12.6. The summed E-state index contributed by atoms with van der Waals surface area (Å²) in [5.41, 5.74) is 1.13. The van der Waals surface area contributed by atoms with Crippen LogP contribution in [0.3, 0.4) is 0 Å². The van der Waals surface area contributed by atoms with Gasteiger partial charge in [0.25, 0.3) is 10.0 Å². The van der Waals surface area contributed by atoms with Gasteiger partial charge in [-0.3, -0.25) is 4.79 Å². The topological polar surface area (TPSA) is 92.8 Å². The van der Waals surface area contributed by atoms with Crippen molar-refractivity contribution in [3.63, 3.8) is 0 Å². The van der Waals surface area contributed by atoms with Crippen molar-refractivity contribution in [1.82, 2.24) is 9.62 Å². The van der Waals surface area contributed by atoms with Crippen LogP contribution in [0.25, 0.3) is 0 Å². The number of esters is 1. The highest BCUT2D eigenvalue weighted by Gasteiger charge is 2.48. The molecule has 0 unspecified atom stereocenters. The van der Waals surface area contributed by atoms with E-state index in [9.17, 15) is 18.0 Å². The number of nitrogens with zero attached hydrogens (tertiary/aromatic N) is 1. The Morgan fingerprint density at radius 1 is 1.32 bits per heavy atom. The van der Waals surface area contributed by atoms with Crippen LogP contribution in [0, 0.1) is 5.41 Å². The van der Waals surface area contributed by atoms with E-state index in [1.54, 1.807) is 29.2 Å². The molecule has 2 aliphatic rings. The maximum absolute atomic E-state index is 13.1. The van der Waals surface area contributed by atoms with Gasteiger partial charge in [-0.2, -0.15) is 0 Å². The van der Waals surface area contributed by atoms with Gasteiger partial charge in [-0.15, -0.1) is 11.3 Å². The Morgan fingerprint density at radius 3 is 2.71 bits per heavy atom. The molecular weight excluding hydrogens is 460 g/mol. The summed E-state index contributed by atoms with van der Waals surface area (Å²) in [5, 5.41) is 0.507. The number of amides is 1. The fourth-order valence-corrected chi connectivity index (χ4v) is 6.90. The first-order valence-electron chi connectivity index (χ1n) is 9.91. The Balaban J connectivity index is 1.63. The van der Waals surface area contributed by atoms with Crippen molar-refractivity contribution in [2.45, 2.75) is 43.5 Å². The molecule has 0 saturated heterocycles. The Kier molecular flexibility index (Phi) is 5.89. The number of hydrogen-bond donors (Lipinski definition) is 1. The summed E-state index contributed by atoms with van der Waals surface area (Å²) in [4.78, 5) is 27.7. The Morgan fingerprint density at radius 2 is 2.06 bits per heavy atom. The van der Waals surface area contributed by atoms with Gasteiger partial charge in [-0.1, -0.05) is 30.7 Å². The van der Waals surface area contributed by atoms with Crippen LogP contribution in [0.2, 0.25) is 5.02 Å². The van der Waals surface area contributed by atoms with Gasteiger partial charge in [0.2, 0.25) is 5.91 Å². The lowest BCUT2D eigenvalue weighted by molar-refractivity contribution is -0.137. The molecule has 1 aromatic carbocycles. The molecule has 1 amide bonds. The van der Waals surface area contributed by atoms with Crippen molar-refractivity contribution in [3.05, 3.63) is 50.9 Å². The molecule has 0 radical (unpaired) electrons. The average Bonchev–Trinajstić information content (AvgIpc) is 3.38. The number of methoxy groups -OCH3 is 1. The number of carbonyl (C=O) groups excluding carboxylic acids is 2. The van der Waals surface area contributed by atoms with E-state index < -0.39 is 16.0 Å². The summed E-state index contributed by atoms with van der Waals surface area (Å²) in [7, 11) is -2.75. The molecule has 1 saturated carbocycles. The number of nitrogens with one attached hydrogen (secondary N) is 1. The van der Waals surface area contributed by atoms with Gasteiger partial charge in [0.05, 0.1) is 19.2 Å². The van der Waals surface area contributed by atoms with E-state index in [1.807, 2.05) is 6.92 Å². The van der Waals surface area contributed by atoms with Crippen LogP contribution < -0.4 is 4.72 Å². The lowest BCUT2D eigenvalue weighted by Gasteiger charge is -2.29. The van der Waals surface area contributed by atoms with Crippen molar-refractivity contribution in [2.24, 2.45) is 5.41 Å². The van der Waals surface area contributed by atoms with Crippen LogP contribution >= 0.6 is 22.9 Å². The van der Waals surface area contributed by atoms with Crippen molar-refractivity contribution >= 4 is 44.8 Å². The molecule has 1 aliphatic carbocycles. The van der Waals surface area contributed by atoms with Crippen LogP contribution in [0.15, 0.2) is 28.5 Å². The van der Waals surface area contributed by atoms with Crippen LogP contribution in [0.1, 0.15) is 46.1 Å². The van der Waals surface area contributed by atoms with E-state index >= 15 is 0 Å². The summed E-state index contributed by atoms with van der Waals surface area (Å²) >= 11 is 7.01. The molecule has 0 atom stereocenters. The van der Waals surface area contributed by atoms with Crippen LogP contribution in [-0.2, 0) is 39.1 Å². The predicted octanol–water partition coefficient (Wildman–Crippen LogP) is 3.35. The Bertz CT molecular complexity index is 1150. The Hall–Kier alpha value is -1.94. The standard InChI is InChI=1S/C21H23ClN2O5S2/c1-21(7-8-21)20(26)24-9-6-15-16(12-24)30-19(17(15)18(25)29-2)31(27,28)23-11-13-4-3-5-14(22)10-13/h3-5,10,23H,6-9,11-12H2,1-2H3. The maximum Gasteiger partial charge on any atom is 0.340 e. The third-order valence-electron chi connectivity index (χ3n) is 5.82. The largest absolute Gasteiger partial charge is 0.465 e. The van der Waals surface area contributed by atoms with Crippen molar-refractivity contribution in [1.29, 1.82) is 0 Å². The minimum Gasteiger partial charge on any atom is -0.465 e. The molecule has 31 heavy (non-hydrogen) atoms. The van der Waals surface area contributed by atoms with E-state index in [1.165, 1.54) is 7.11 Å². The average molecular weight is 483 g/mol. The van der Waals surface area contributed by atoms with Crippen LogP contribution in [0.4, 0.5) is 0 Å². The molecule has 2 aromatic rings. The molecule has 0 bridgehead atoms. The number of rotatable bonds is 6. The normalized spacial score (nSPS) is 17.2. The number of fused-ring (bicyclic) bond motifs is 1. The van der Waals surface area contributed by atoms with Crippen molar-refractivity contribution in [3.8, 4) is 0 Å². The van der Waals surface area contributed by atoms with Crippen molar-refractivity contribution in [2.75, 3.05) is 13.7 Å². The van der Waals surface area contributed by atoms with Gasteiger partial charge >= 0.3 is 5.97 Å². The third kappa shape index (κ3) is 4.37. The summed E-state index contributed by atoms with van der Waals surface area (Å²) in [5.74, 6) is -0.593. The molecular formula is C21H23ClN2O5S2. The van der Waals surface area contributed by atoms with Crippen LogP contribution in [-0.4, -0.2) is 38.8 Å². The fraction of sp³-hybridized carbons (Fsp3) is 0.429.